The van der Waals surface area contributed by atoms with Gasteiger partial charge in [-0.3, -0.25) is 9.52 Å². The molecular weight excluding hydrogens is 590 g/mol. The van der Waals surface area contributed by atoms with Crippen LogP contribution in [-0.4, -0.2) is 33.9 Å². The number of ketones is 1. The van der Waals surface area contributed by atoms with Crippen molar-refractivity contribution in [3.63, 3.8) is 0 Å². The molecule has 6 rings (SSSR count). The number of aryl methyl sites for hydroxylation is 2. The molecule has 44 heavy (non-hydrogen) atoms. The highest BCUT2D eigenvalue weighted by Crippen LogP contribution is 2.30. The summed E-state index contributed by atoms with van der Waals surface area (Å²) >= 11 is 0. The monoisotopic (exact) mass is 614 g/mol. The number of aromatic amines is 1. The normalized spacial score (nSPS) is 11.5. The van der Waals surface area contributed by atoms with Crippen molar-refractivity contribution in [2.45, 2.75) is 18.9 Å². The fourth-order valence-corrected chi connectivity index (χ4v) is 5.74. The number of sulfonamides is 1. The molecule has 0 saturated heterocycles. The third kappa shape index (κ3) is 5.36. The lowest BCUT2D eigenvalue weighted by atomic mass is 10.1. The van der Waals surface area contributed by atoms with Crippen LogP contribution in [-0.2, 0) is 10.0 Å². The Labute approximate surface area is 250 Å². The Morgan fingerprint density at radius 2 is 1.77 bits per heavy atom. The number of para-hydroxylation sites is 1. The molecule has 0 spiro atoms. The number of hydrogen-bond donors (Lipinski definition) is 3. The van der Waals surface area contributed by atoms with Gasteiger partial charge in [-0.1, -0.05) is 18.2 Å². The average molecular weight is 615 g/mol. The molecule has 0 aliphatic rings. The standard InChI is InChI=1S/C31H24F2N6O4S/c1-17-12-20(43-28-8-4-3-7-22(28)32)10-11-27(17)39-31(34)21(16-35-39)30(40)26-14-19-13-23(33)25(15-24(19)37-26)38-44(41,42)29-9-5-6-18(2)36-29/h3-16,37-38H,34H2,1-2H3. The number of rotatable bonds is 8. The number of H-pyrrole nitrogens is 1. The molecule has 3 heterocycles. The van der Waals surface area contributed by atoms with Crippen LogP contribution in [0.25, 0.3) is 16.6 Å². The maximum Gasteiger partial charge on any atom is 0.279 e. The first-order chi connectivity index (χ1) is 21.0. The second kappa shape index (κ2) is 10.9. The Hall–Kier alpha value is -5.56. The van der Waals surface area contributed by atoms with E-state index in [0.717, 1.165) is 6.07 Å². The van der Waals surface area contributed by atoms with Crippen LogP contribution in [0.1, 0.15) is 27.3 Å². The molecule has 0 atom stereocenters. The van der Waals surface area contributed by atoms with Crippen molar-refractivity contribution in [1.82, 2.24) is 19.7 Å². The van der Waals surface area contributed by atoms with E-state index in [2.05, 4.69) is 19.8 Å². The van der Waals surface area contributed by atoms with Crippen LogP contribution >= 0.6 is 0 Å². The van der Waals surface area contributed by atoms with Gasteiger partial charge in [0.25, 0.3) is 10.0 Å². The Bertz CT molecular complexity index is 2190. The molecule has 3 aromatic heterocycles. The molecule has 0 aliphatic heterocycles. The summed E-state index contributed by atoms with van der Waals surface area (Å²) in [6, 6.07) is 19.3. The molecule has 6 aromatic rings. The van der Waals surface area contributed by atoms with Crippen molar-refractivity contribution in [2.75, 3.05) is 10.5 Å². The Morgan fingerprint density at radius 3 is 2.52 bits per heavy atom. The molecular formula is C31H24F2N6O4S. The largest absolute Gasteiger partial charge is 0.454 e. The van der Waals surface area contributed by atoms with Crippen LogP contribution in [0.15, 0.2) is 90.1 Å². The van der Waals surface area contributed by atoms with Crippen molar-refractivity contribution >= 4 is 38.2 Å². The maximum absolute atomic E-state index is 14.9. The summed E-state index contributed by atoms with van der Waals surface area (Å²) in [7, 11) is -4.17. The van der Waals surface area contributed by atoms with Gasteiger partial charge in [0.2, 0.25) is 5.78 Å². The number of carbonyl (C=O) groups is 1. The summed E-state index contributed by atoms with van der Waals surface area (Å²) in [6.07, 6.45) is 1.32. The number of ether oxygens (including phenoxy) is 1. The zero-order chi connectivity index (χ0) is 31.2. The highest BCUT2D eigenvalue weighted by Gasteiger charge is 2.23. The number of anilines is 2. The average Bonchev–Trinajstić information content (AvgIpc) is 3.57. The molecule has 0 radical (unpaired) electrons. The molecule has 222 valence electrons. The summed E-state index contributed by atoms with van der Waals surface area (Å²) in [6.45, 7) is 3.43. The number of nitrogens with two attached hydrogens (primary N) is 1. The van der Waals surface area contributed by atoms with Crippen molar-refractivity contribution in [2.24, 2.45) is 0 Å². The van der Waals surface area contributed by atoms with Gasteiger partial charge in [-0.2, -0.15) is 13.5 Å². The van der Waals surface area contributed by atoms with Gasteiger partial charge in [0.05, 0.1) is 28.8 Å². The number of nitrogens with one attached hydrogen (secondary N) is 2. The number of carbonyl (C=O) groups excluding carboxylic acids is 1. The topological polar surface area (TPSA) is 145 Å². The zero-order valence-corrected chi connectivity index (χ0v) is 24.1. The van der Waals surface area contributed by atoms with Crippen molar-refractivity contribution in [3.05, 3.63) is 119 Å². The van der Waals surface area contributed by atoms with Crippen LogP contribution in [0.2, 0.25) is 0 Å². The lowest BCUT2D eigenvalue weighted by Gasteiger charge is -2.12. The first-order valence-corrected chi connectivity index (χ1v) is 14.7. The molecule has 0 saturated carbocycles. The fourth-order valence-electron chi connectivity index (χ4n) is 4.67. The predicted molar refractivity (Wildman–Crippen MR) is 161 cm³/mol. The fraction of sp³-hybridized carbons (Fsp3) is 0.0645. The minimum absolute atomic E-state index is 0.0600. The quantitative estimate of drug-likeness (QED) is 0.177. The molecule has 13 heteroatoms. The summed E-state index contributed by atoms with van der Waals surface area (Å²) in [5.74, 6) is -1.29. The molecule has 10 nitrogen and oxygen atoms in total. The minimum atomic E-state index is -4.17. The first kappa shape index (κ1) is 28.6. The van der Waals surface area contributed by atoms with E-state index in [1.807, 2.05) is 0 Å². The maximum atomic E-state index is 14.9. The third-order valence-corrected chi connectivity index (χ3v) is 8.11. The van der Waals surface area contributed by atoms with E-state index in [0.29, 0.717) is 33.6 Å². The van der Waals surface area contributed by atoms with Gasteiger partial charge in [0.1, 0.15) is 17.4 Å². The Balaban J connectivity index is 1.26. The smallest absolute Gasteiger partial charge is 0.279 e. The Kier molecular flexibility index (Phi) is 7.09. The number of nitrogens with zero attached hydrogens (tertiary/aromatic N) is 3. The molecule has 0 aliphatic carbocycles. The van der Waals surface area contributed by atoms with E-state index < -0.39 is 27.4 Å². The third-order valence-electron chi connectivity index (χ3n) is 6.85. The highest BCUT2D eigenvalue weighted by atomic mass is 32.2. The van der Waals surface area contributed by atoms with Crippen molar-refractivity contribution in [1.29, 1.82) is 0 Å². The van der Waals surface area contributed by atoms with Crippen LogP contribution in [0, 0.1) is 25.5 Å². The second-order valence-electron chi connectivity index (χ2n) is 9.99. The molecule has 0 unspecified atom stereocenters. The predicted octanol–water partition coefficient (Wildman–Crippen LogP) is 6.05. The number of benzene rings is 3. The Morgan fingerprint density at radius 1 is 0.977 bits per heavy atom. The summed E-state index contributed by atoms with van der Waals surface area (Å²) in [4.78, 5) is 20.3. The van der Waals surface area contributed by atoms with Crippen molar-refractivity contribution in [3.8, 4) is 17.2 Å². The number of aromatic nitrogens is 4. The number of halogens is 2. The number of nitrogen functional groups attached to an aromatic ring is 1. The summed E-state index contributed by atoms with van der Waals surface area (Å²) < 4.78 is 63.8. The van der Waals surface area contributed by atoms with Gasteiger partial charge in [0, 0.05) is 16.6 Å². The van der Waals surface area contributed by atoms with Gasteiger partial charge >= 0.3 is 0 Å². The van der Waals surface area contributed by atoms with Gasteiger partial charge < -0.3 is 15.5 Å². The zero-order valence-electron chi connectivity index (χ0n) is 23.3. The summed E-state index contributed by atoms with van der Waals surface area (Å²) in [5, 5.41) is 4.38. The number of pyridine rings is 1. The van der Waals surface area contributed by atoms with E-state index >= 15 is 0 Å². The minimum Gasteiger partial charge on any atom is -0.454 e. The number of hydrogen-bond acceptors (Lipinski definition) is 7. The van der Waals surface area contributed by atoms with Gasteiger partial charge in [-0.05, 0) is 80.1 Å². The summed E-state index contributed by atoms with van der Waals surface area (Å²) in [5.41, 5.74) is 8.29. The lowest BCUT2D eigenvalue weighted by molar-refractivity contribution is 0.103. The van der Waals surface area contributed by atoms with E-state index in [4.69, 9.17) is 10.5 Å². The molecule has 0 amide bonds. The number of fused-ring (bicyclic) bond motifs is 1. The molecule has 0 bridgehead atoms. The van der Waals surface area contributed by atoms with Crippen LogP contribution in [0.5, 0.6) is 11.5 Å². The molecule has 3 aromatic carbocycles. The van der Waals surface area contributed by atoms with Gasteiger partial charge in [-0.15, -0.1) is 0 Å². The SMILES string of the molecule is Cc1cccc(S(=O)(=O)Nc2cc3[nH]c(C(=O)c4cnn(-c5ccc(Oc6ccccc6F)cc5C)c4N)cc3cc2F)n1. The van der Waals surface area contributed by atoms with E-state index in [-0.39, 0.29) is 33.5 Å². The molecule has 0 fully saturated rings. The van der Waals surface area contributed by atoms with Crippen LogP contribution in [0.4, 0.5) is 20.3 Å². The van der Waals surface area contributed by atoms with E-state index in [1.165, 1.54) is 47.3 Å². The van der Waals surface area contributed by atoms with E-state index in [9.17, 15) is 22.0 Å². The highest BCUT2D eigenvalue weighted by molar-refractivity contribution is 7.92. The second-order valence-corrected chi connectivity index (χ2v) is 11.6. The lowest BCUT2D eigenvalue weighted by Crippen LogP contribution is -2.15. The molecule has 4 N–H and O–H groups in total. The van der Waals surface area contributed by atoms with E-state index in [1.54, 1.807) is 50.2 Å². The van der Waals surface area contributed by atoms with Crippen LogP contribution in [0.3, 0.4) is 0 Å². The van der Waals surface area contributed by atoms with Crippen molar-refractivity contribution < 1.29 is 26.7 Å². The van der Waals surface area contributed by atoms with Gasteiger partial charge in [-0.25, -0.2) is 18.4 Å². The first-order valence-electron chi connectivity index (χ1n) is 13.2. The van der Waals surface area contributed by atoms with Crippen LogP contribution < -0.4 is 15.2 Å². The van der Waals surface area contributed by atoms with Gasteiger partial charge in [0.15, 0.2) is 16.6 Å².